The summed E-state index contributed by atoms with van der Waals surface area (Å²) >= 11 is 0. The highest BCUT2D eigenvalue weighted by Gasteiger charge is 2.48. The van der Waals surface area contributed by atoms with Crippen molar-refractivity contribution in [1.29, 1.82) is 0 Å². The Bertz CT molecular complexity index is 3570. The van der Waals surface area contributed by atoms with Gasteiger partial charge in [-0.05, 0) is 200 Å². The van der Waals surface area contributed by atoms with E-state index in [-0.39, 0.29) is 23.0 Å². The average Bonchev–Trinajstić information content (AvgIpc) is 3.90. The van der Waals surface area contributed by atoms with Gasteiger partial charge in [-0.15, -0.1) is 0 Å². The van der Waals surface area contributed by atoms with Crippen molar-refractivity contribution < 1.29 is 0 Å². The highest BCUT2D eigenvalue weighted by molar-refractivity contribution is 7.00. The van der Waals surface area contributed by atoms with Gasteiger partial charge in [-0.25, -0.2) is 0 Å². The highest BCUT2D eigenvalue weighted by Crippen LogP contribution is 2.54. The Hall–Kier alpha value is -7.56. The Labute approximate surface area is 426 Å². The van der Waals surface area contributed by atoms with Crippen molar-refractivity contribution in [1.82, 2.24) is 0 Å². The Morgan fingerprint density at radius 2 is 0.958 bits per heavy atom. The van der Waals surface area contributed by atoms with E-state index in [0.717, 1.165) is 49.2 Å². The van der Waals surface area contributed by atoms with Gasteiger partial charge in [-0.1, -0.05) is 156 Å². The SMILES string of the molecule is Cc1cc2c3c(c1)N1c4cc(ccc4B3c3cc(N(c4ccc(-c5ccccc5)cc4)c4ccc(-c5ccccc5)cc4)ccc3N2c2cccc3c2CC(C)(C)C3)C(C)(C)CC2(C)Cc3cccc1c3C2. The van der Waals surface area contributed by atoms with E-state index in [9.17, 15) is 0 Å². The first kappa shape index (κ1) is 43.3. The topological polar surface area (TPSA) is 9.72 Å². The fraction of sp³-hybridized carbons (Fsp3) is 0.206. The Kier molecular flexibility index (Phi) is 9.44. The molecule has 2 aliphatic carbocycles. The van der Waals surface area contributed by atoms with Crippen LogP contribution in [0.4, 0.5) is 51.2 Å². The first-order valence-electron chi connectivity index (χ1n) is 26.2. The molecule has 1 unspecified atom stereocenters. The van der Waals surface area contributed by atoms with Crippen molar-refractivity contribution in [2.45, 2.75) is 79.1 Å². The molecule has 0 saturated heterocycles. The minimum atomic E-state index is -0.00820. The van der Waals surface area contributed by atoms with E-state index in [4.69, 9.17) is 0 Å². The van der Waals surface area contributed by atoms with Gasteiger partial charge >= 0.3 is 0 Å². The zero-order valence-corrected chi connectivity index (χ0v) is 42.4. The van der Waals surface area contributed by atoms with Gasteiger partial charge in [0.25, 0.3) is 6.71 Å². The second-order valence-corrected chi connectivity index (χ2v) is 23.6. The molecule has 4 heteroatoms. The quantitative estimate of drug-likeness (QED) is 0.154. The molecular formula is C68H60BN3. The zero-order chi connectivity index (χ0) is 48.7. The van der Waals surface area contributed by atoms with Crippen LogP contribution in [0.5, 0.6) is 0 Å². The van der Waals surface area contributed by atoms with E-state index in [1.54, 1.807) is 0 Å². The van der Waals surface area contributed by atoms with Crippen LogP contribution in [0.1, 0.15) is 74.4 Å². The van der Waals surface area contributed by atoms with Crippen molar-refractivity contribution in [2.24, 2.45) is 10.8 Å². The van der Waals surface area contributed by atoms with Crippen LogP contribution in [0.25, 0.3) is 22.3 Å². The summed E-state index contributed by atoms with van der Waals surface area (Å²) in [6.07, 6.45) is 5.49. The van der Waals surface area contributed by atoms with Crippen LogP contribution in [-0.4, -0.2) is 6.71 Å². The summed E-state index contributed by atoms with van der Waals surface area (Å²) in [5.74, 6) is 0. The molecule has 0 amide bonds. The van der Waals surface area contributed by atoms with Crippen LogP contribution in [0, 0.1) is 17.8 Å². The summed E-state index contributed by atoms with van der Waals surface area (Å²) in [6, 6.07) is 74.0. The van der Waals surface area contributed by atoms with Gasteiger partial charge in [0.15, 0.2) is 0 Å². The lowest BCUT2D eigenvalue weighted by Crippen LogP contribution is -2.61. The summed E-state index contributed by atoms with van der Waals surface area (Å²) in [4.78, 5) is 7.85. The predicted molar refractivity (Wildman–Crippen MR) is 305 cm³/mol. The maximum absolute atomic E-state index is 2.70. The average molecular weight is 930 g/mol. The predicted octanol–water partition coefficient (Wildman–Crippen LogP) is 15.8. The fourth-order valence-electron chi connectivity index (χ4n) is 14.2. The lowest BCUT2D eigenvalue weighted by atomic mass is 9.33. The van der Waals surface area contributed by atoms with E-state index in [1.165, 1.54) is 106 Å². The molecule has 0 spiro atoms. The second-order valence-electron chi connectivity index (χ2n) is 23.6. The molecule has 9 aromatic carbocycles. The summed E-state index contributed by atoms with van der Waals surface area (Å²) in [7, 11) is 0. The molecule has 0 saturated carbocycles. The standard InChI is InChI=1S/C68H60BN3/c1-44-35-63-65-64(36-44)72-60-22-14-20-50-40-68(6,42-56(50)60)43-67(4,5)51-27-33-57(62(72)37-51)69(65)58-38-54(32-34-61(58)71(63)59-21-13-19-49-39-66(2,3)41-55(49)59)70(52-28-23-47(24-29-52)45-15-9-7-10-16-45)53-30-25-48(26-31-53)46-17-11-8-12-18-46/h7-38H,39-43H2,1-6H3. The lowest BCUT2D eigenvalue weighted by Gasteiger charge is -2.46. The van der Waals surface area contributed by atoms with Crippen LogP contribution in [0.15, 0.2) is 194 Å². The largest absolute Gasteiger partial charge is 0.311 e. The van der Waals surface area contributed by atoms with E-state index in [2.05, 4.69) is 250 Å². The molecule has 0 radical (unpaired) electrons. The normalized spacial score (nSPS) is 18.1. The van der Waals surface area contributed by atoms with Crippen LogP contribution in [-0.2, 0) is 31.1 Å². The van der Waals surface area contributed by atoms with E-state index in [1.807, 2.05) is 0 Å². The van der Waals surface area contributed by atoms with E-state index >= 15 is 0 Å². The molecule has 0 N–H and O–H groups in total. The number of benzene rings is 9. The molecule has 3 aliphatic heterocycles. The molecule has 0 fully saturated rings. The number of aryl methyl sites for hydroxylation is 1. The van der Waals surface area contributed by atoms with Crippen LogP contribution in [0.3, 0.4) is 0 Å². The first-order chi connectivity index (χ1) is 34.9. The minimum Gasteiger partial charge on any atom is -0.311 e. The zero-order valence-electron chi connectivity index (χ0n) is 42.4. The number of rotatable bonds is 6. The van der Waals surface area contributed by atoms with Gasteiger partial charge in [-0.2, -0.15) is 0 Å². The summed E-state index contributed by atoms with van der Waals surface area (Å²) in [5.41, 5.74) is 29.2. The monoisotopic (exact) mass is 929 g/mol. The smallest absolute Gasteiger partial charge is 0.252 e. The fourth-order valence-corrected chi connectivity index (χ4v) is 14.2. The van der Waals surface area contributed by atoms with Gasteiger partial charge in [-0.3, -0.25) is 0 Å². The molecule has 0 aromatic heterocycles. The molecular weight excluding hydrogens is 870 g/mol. The van der Waals surface area contributed by atoms with Gasteiger partial charge in [0, 0.05) is 51.2 Å². The summed E-state index contributed by atoms with van der Waals surface area (Å²) < 4.78 is 0. The minimum absolute atomic E-state index is 0.00440. The van der Waals surface area contributed by atoms with Crippen molar-refractivity contribution in [3.63, 3.8) is 0 Å². The molecule has 350 valence electrons. The molecule has 4 bridgehead atoms. The first-order valence-corrected chi connectivity index (χ1v) is 26.2. The van der Waals surface area contributed by atoms with Crippen molar-refractivity contribution in [3.8, 4) is 22.3 Å². The van der Waals surface area contributed by atoms with Crippen molar-refractivity contribution in [3.05, 3.63) is 228 Å². The molecule has 1 atom stereocenters. The maximum Gasteiger partial charge on any atom is 0.252 e. The number of anilines is 9. The molecule has 5 aliphatic rings. The Morgan fingerprint density at radius 1 is 0.417 bits per heavy atom. The third kappa shape index (κ3) is 6.78. The number of nitrogens with zero attached hydrogens (tertiary/aromatic N) is 3. The van der Waals surface area contributed by atoms with Gasteiger partial charge in [0.2, 0.25) is 0 Å². The molecule has 9 aromatic rings. The number of hydrogen-bond donors (Lipinski definition) is 0. The Morgan fingerprint density at radius 3 is 1.57 bits per heavy atom. The summed E-state index contributed by atoms with van der Waals surface area (Å²) in [5, 5.41) is 0. The van der Waals surface area contributed by atoms with Gasteiger partial charge in [0.1, 0.15) is 0 Å². The summed E-state index contributed by atoms with van der Waals surface area (Å²) in [6.45, 7) is 14.7. The maximum atomic E-state index is 2.70. The van der Waals surface area contributed by atoms with Crippen molar-refractivity contribution in [2.75, 3.05) is 14.7 Å². The number of hydrogen-bond acceptors (Lipinski definition) is 3. The molecule has 72 heavy (non-hydrogen) atoms. The number of fused-ring (bicyclic) bond motifs is 8. The molecule has 3 heterocycles. The van der Waals surface area contributed by atoms with E-state index in [0.29, 0.717) is 0 Å². The third-order valence-electron chi connectivity index (χ3n) is 17.1. The van der Waals surface area contributed by atoms with Crippen molar-refractivity contribution >= 4 is 74.3 Å². The second kappa shape index (κ2) is 15.7. The third-order valence-corrected chi connectivity index (χ3v) is 17.1. The van der Waals surface area contributed by atoms with Gasteiger partial charge < -0.3 is 14.7 Å². The van der Waals surface area contributed by atoms with Crippen LogP contribution in [0.2, 0.25) is 0 Å². The lowest BCUT2D eigenvalue weighted by molar-refractivity contribution is 0.243. The van der Waals surface area contributed by atoms with E-state index < -0.39 is 0 Å². The van der Waals surface area contributed by atoms with Crippen LogP contribution >= 0.6 is 0 Å². The Balaban J connectivity index is 1.03. The van der Waals surface area contributed by atoms with Crippen LogP contribution < -0.4 is 31.1 Å². The highest BCUT2D eigenvalue weighted by atomic mass is 15.2. The molecule has 3 nitrogen and oxygen atoms in total. The van der Waals surface area contributed by atoms with Gasteiger partial charge in [0.05, 0.1) is 0 Å². The molecule has 14 rings (SSSR count).